The summed E-state index contributed by atoms with van der Waals surface area (Å²) in [5.74, 6) is 3.43. The fraction of sp³-hybridized carbons (Fsp3) is 0.611. The van der Waals surface area contributed by atoms with Crippen molar-refractivity contribution in [1.82, 2.24) is 0 Å². The molecule has 3 saturated heterocycles. The first-order chi connectivity index (χ1) is 12.2. The summed E-state index contributed by atoms with van der Waals surface area (Å²) in [6.07, 6.45) is 1.35. The van der Waals surface area contributed by atoms with Crippen molar-refractivity contribution in [2.45, 2.75) is 18.9 Å². The SMILES string of the molecule is O=C1O[C@@H](CO)CN1c1ccc(N2CC3CCSCCC3C2)c(F)c1. The first-order valence-electron chi connectivity index (χ1n) is 8.87. The Balaban J connectivity index is 1.50. The molecule has 25 heavy (non-hydrogen) atoms. The number of fused-ring (bicyclic) bond motifs is 1. The summed E-state index contributed by atoms with van der Waals surface area (Å²) in [5.41, 5.74) is 1.10. The van der Waals surface area contributed by atoms with Crippen molar-refractivity contribution in [3.63, 3.8) is 0 Å². The molecule has 3 heterocycles. The average molecular weight is 366 g/mol. The zero-order valence-corrected chi connectivity index (χ0v) is 14.9. The third kappa shape index (κ3) is 3.31. The molecule has 3 aliphatic heterocycles. The Morgan fingerprint density at radius 1 is 1.20 bits per heavy atom. The Morgan fingerprint density at radius 3 is 2.52 bits per heavy atom. The number of amides is 1. The summed E-state index contributed by atoms with van der Waals surface area (Å²) in [5, 5.41) is 9.13. The zero-order valence-electron chi connectivity index (χ0n) is 14.1. The minimum atomic E-state index is -0.543. The van der Waals surface area contributed by atoms with E-state index in [1.165, 1.54) is 35.3 Å². The number of hydrogen-bond acceptors (Lipinski definition) is 5. The molecule has 0 saturated carbocycles. The molecule has 5 nitrogen and oxygen atoms in total. The van der Waals surface area contributed by atoms with Crippen molar-refractivity contribution in [3.8, 4) is 0 Å². The van der Waals surface area contributed by atoms with E-state index in [0.717, 1.165) is 13.1 Å². The Hall–Kier alpha value is -1.47. The lowest BCUT2D eigenvalue weighted by Crippen LogP contribution is -2.26. The Bertz CT molecular complexity index is 645. The Kier molecular flexibility index (Phi) is 4.78. The van der Waals surface area contributed by atoms with Crippen molar-refractivity contribution in [1.29, 1.82) is 0 Å². The van der Waals surface area contributed by atoms with Crippen LogP contribution in [0, 0.1) is 17.7 Å². The number of nitrogens with zero attached hydrogens (tertiary/aromatic N) is 2. The lowest BCUT2D eigenvalue weighted by molar-refractivity contribution is 0.0963. The van der Waals surface area contributed by atoms with Crippen LogP contribution >= 0.6 is 11.8 Å². The number of carbonyl (C=O) groups excluding carboxylic acids is 1. The van der Waals surface area contributed by atoms with Crippen LogP contribution in [0.25, 0.3) is 0 Å². The number of thioether (sulfide) groups is 1. The minimum absolute atomic E-state index is 0.225. The number of anilines is 2. The van der Waals surface area contributed by atoms with Gasteiger partial charge in [0.1, 0.15) is 11.9 Å². The van der Waals surface area contributed by atoms with Crippen LogP contribution in [0.3, 0.4) is 0 Å². The maximum atomic E-state index is 14.7. The number of halogens is 1. The van der Waals surface area contributed by atoms with Crippen molar-refractivity contribution in [2.24, 2.45) is 11.8 Å². The monoisotopic (exact) mass is 366 g/mol. The van der Waals surface area contributed by atoms with E-state index < -0.39 is 12.2 Å². The van der Waals surface area contributed by atoms with Gasteiger partial charge >= 0.3 is 6.09 Å². The molecule has 3 aliphatic rings. The van der Waals surface area contributed by atoms with Crippen molar-refractivity contribution >= 4 is 29.2 Å². The summed E-state index contributed by atoms with van der Waals surface area (Å²) in [6.45, 7) is 1.86. The molecule has 3 fully saturated rings. The maximum absolute atomic E-state index is 14.7. The number of aliphatic hydroxyl groups is 1. The lowest BCUT2D eigenvalue weighted by atomic mass is 9.92. The second-order valence-electron chi connectivity index (χ2n) is 7.05. The number of aliphatic hydroxyl groups excluding tert-OH is 1. The molecule has 1 aromatic rings. The predicted molar refractivity (Wildman–Crippen MR) is 96.9 cm³/mol. The molecule has 136 valence electrons. The smallest absolute Gasteiger partial charge is 0.414 e. The average Bonchev–Trinajstić information content (AvgIpc) is 3.11. The molecule has 0 aromatic heterocycles. The fourth-order valence-corrected chi connectivity index (χ4v) is 5.25. The Morgan fingerprint density at radius 2 is 1.92 bits per heavy atom. The number of benzene rings is 1. The van der Waals surface area contributed by atoms with Crippen LogP contribution in [0.15, 0.2) is 18.2 Å². The minimum Gasteiger partial charge on any atom is -0.441 e. The van der Waals surface area contributed by atoms with E-state index in [1.54, 1.807) is 12.1 Å². The summed E-state index contributed by atoms with van der Waals surface area (Å²) in [7, 11) is 0. The number of carbonyl (C=O) groups is 1. The van der Waals surface area contributed by atoms with Gasteiger partial charge in [0.15, 0.2) is 0 Å². The third-order valence-corrected chi connectivity index (χ3v) is 6.55. The molecule has 0 bridgehead atoms. The van der Waals surface area contributed by atoms with E-state index in [4.69, 9.17) is 9.84 Å². The van der Waals surface area contributed by atoms with Crippen LogP contribution in [0.2, 0.25) is 0 Å². The van der Waals surface area contributed by atoms with Crippen molar-refractivity contribution < 1.29 is 19.0 Å². The van der Waals surface area contributed by atoms with E-state index in [2.05, 4.69) is 4.90 Å². The molecule has 3 atom stereocenters. The summed E-state index contributed by atoms with van der Waals surface area (Å²) < 4.78 is 19.8. The van der Waals surface area contributed by atoms with Crippen molar-refractivity contribution in [3.05, 3.63) is 24.0 Å². The van der Waals surface area contributed by atoms with Gasteiger partial charge in [-0.05, 0) is 54.4 Å². The first-order valence-corrected chi connectivity index (χ1v) is 10.0. The highest BCUT2D eigenvalue weighted by Gasteiger charge is 2.35. The Labute approximate surface area is 151 Å². The molecule has 1 N–H and O–H groups in total. The van der Waals surface area contributed by atoms with Crippen molar-refractivity contribution in [2.75, 3.05) is 47.5 Å². The highest BCUT2D eigenvalue weighted by Crippen LogP contribution is 2.38. The van der Waals surface area contributed by atoms with Crippen LogP contribution in [0.5, 0.6) is 0 Å². The van der Waals surface area contributed by atoms with Crippen LogP contribution < -0.4 is 9.80 Å². The number of ether oxygens (including phenoxy) is 1. The number of rotatable bonds is 3. The van der Waals surface area contributed by atoms with E-state index in [-0.39, 0.29) is 19.0 Å². The topological polar surface area (TPSA) is 53.0 Å². The molecular weight excluding hydrogens is 343 g/mol. The van der Waals surface area contributed by atoms with Crippen LogP contribution in [-0.2, 0) is 4.74 Å². The van der Waals surface area contributed by atoms with Gasteiger partial charge in [-0.15, -0.1) is 0 Å². The lowest BCUT2D eigenvalue weighted by Gasteiger charge is -2.21. The zero-order chi connectivity index (χ0) is 17.4. The van der Waals surface area contributed by atoms with Crippen LogP contribution in [0.4, 0.5) is 20.6 Å². The normalized spacial score (nSPS) is 29.5. The molecular formula is C18H23FN2O3S. The first kappa shape index (κ1) is 17.0. The van der Waals surface area contributed by atoms with E-state index in [0.29, 0.717) is 23.2 Å². The van der Waals surface area contributed by atoms with Gasteiger partial charge in [-0.3, -0.25) is 4.90 Å². The second kappa shape index (κ2) is 7.03. The highest BCUT2D eigenvalue weighted by atomic mass is 32.2. The van der Waals surface area contributed by atoms with Gasteiger partial charge < -0.3 is 14.7 Å². The van der Waals surface area contributed by atoms with Gasteiger partial charge in [0.2, 0.25) is 0 Å². The van der Waals surface area contributed by atoms with Gasteiger partial charge in [-0.25, -0.2) is 9.18 Å². The quantitative estimate of drug-likeness (QED) is 0.891. The summed E-state index contributed by atoms with van der Waals surface area (Å²) in [6, 6.07) is 4.94. The van der Waals surface area contributed by atoms with Gasteiger partial charge in [-0.2, -0.15) is 11.8 Å². The molecule has 0 spiro atoms. The number of hydrogen-bond donors (Lipinski definition) is 1. The van der Waals surface area contributed by atoms with E-state index in [9.17, 15) is 9.18 Å². The molecule has 0 aliphatic carbocycles. The fourth-order valence-electron chi connectivity index (χ4n) is 4.11. The molecule has 0 radical (unpaired) electrons. The third-order valence-electron chi connectivity index (χ3n) is 5.50. The summed E-state index contributed by atoms with van der Waals surface area (Å²) in [4.78, 5) is 15.4. The second-order valence-corrected chi connectivity index (χ2v) is 8.27. The predicted octanol–water partition coefficient (Wildman–Crippen LogP) is 2.72. The number of cyclic esters (lactones) is 1. The van der Waals surface area contributed by atoms with Crippen LogP contribution in [0.1, 0.15) is 12.8 Å². The summed E-state index contributed by atoms with van der Waals surface area (Å²) >= 11 is 2.03. The largest absolute Gasteiger partial charge is 0.441 e. The molecule has 2 unspecified atom stereocenters. The van der Waals surface area contributed by atoms with Crippen LogP contribution in [-0.4, -0.2) is 55.1 Å². The van der Waals surface area contributed by atoms with Gasteiger partial charge in [0.05, 0.1) is 24.5 Å². The standard InChI is InChI=1S/C18H23FN2O3S/c19-16-7-14(21-10-15(11-22)24-18(21)23)1-2-17(16)20-8-12-3-5-25-6-4-13(12)9-20/h1-2,7,12-13,15,22H,3-6,8-11H2/t12?,13?,15-/m1/s1. The van der Waals surface area contributed by atoms with E-state index in [1.807, 2.05) is 11.8 Å². The molecule has 1 aromatic carbocycles. The van der Waals surface area contributed by atoms with Gasteiger partial charge in [0, 0.05) is 13.1 Å². The molecule has 1 amide bonds. The molecule has 7 heteroatoms. The molecule has 4 rings (SSSR count). The van der Waals surface area contributed by atoms with Gasteiger partial charge in [-0.1, -0.05) is 0 Å². The maximum Gasteiger partial charge on any atom is 0.414 e. The van der Waals surface area contributed by atoms with E-state index >= 15 is 0 Å². The van der Waals surface area contributed by atoms with Gasteiger partial charge in [0.25, 0.3) is 0 Å². The highest BCUT2D eigenvalue weighted by molar-refractivity contribution is 7.99.